The van der Waals surface area contributed by atoms with Crippen molar-refractivity contribution in [1.29, 1.82) is 0 Å². The molecule has 0 spiro atoms. The number of carbonyl (C=O) groups excluding carboxylic acids is 1. The largest absolute Gasteiger partial charge is 0.494 e. The van der Waals surface area contributed by atoms with E-state index in [-0.39, 0.29) is 18.0 Å². The topological polar surface area (TPSA) is 75.7 Å². The summed E-state index contributed by atoms with van der Waals surface area (Å²) in [6.07, 6.45) is 0. The van der Waals surface area contributed by atoms with E-state index in [4.69, 9.17) is 4.74 Å². The lowest BCUT2D eigenvalue weighted by Gasteiger charge is -2.25. The summed E-state index contributed by atoms with van der Waals surface area (Å²) < 4.78 is 33.7. The highest BCUT2D eigenvalue weighted by molar-refractivity contribution is 7.92. The van der Waals surface area contributed by atoms with E-state index in [0.717, 1.165) is 32.3 Å². The summed E-state index contributed by atoms with van der Waals surface area (Å²) >= 11 is 0. The summed E-state index contributed by atoms with van der Waals surface area (Å²) in [6, 6.07) is 19.5. The molecule has 0 heterocycles. The van der Waals surface area contributed by atoms with Crippen LogP contribution in [0.3, 0.4) is 0 Å². The number of nitrogens with one attached hydrogen (secondary N) is 1. The molecule has 0 aliphatic carbocycles. The van der Waals surface area contributed by atoms with Crippen molar-refractivity contribution in [2.75, 3.05) is 17.5 Å². The van der Waals surface area contributed by atoms with Crippen LogP contribution < -0.4 is 14.4 Å². The number of aryl methyl sites for hydroxylation is 3. The third kappa shape index (κ3) is 6.14. The molecule has 7 heteroatoms. The third-order valence-corrected chi connectivity index (χ3v) is 7.16. The second-order valence-corrected chi connectivity index (χ2v) is 9.81. The second kappa shape index (κ2) is 10.5. The Morgan fingerprint density at radius 2 is 1.67 bits per heavy atom. The molecule has 0 fully saturated rings. The highest BCUT2D eigenvalue weighted by Crippen LogP contribution is 2.26. The quantitative estimate of drug-likeness (QED) is 0.503. The van der Waals surface area contributed by atoms with Gasteiger partial charge in [-0.25, -0.2) is 8.42 Å². The lowest BCUT2D eigenvalue weighted by Crippen LogP contribution is -2.40. The molecule has 1 N–H and O–H groups in total. The van der Waals surface area contributed by atoms with Crippen LogP contribution >= 0.6 is 0 Å². The van der Waals surface area contributed by atoms with Gasteiger partial charge in [-0.1, -0.05) is 35.9 Å². The van der Waals surface area contributed by atoms with Crippen molar-refractivity contribution >= 4 is 21.6 Å². The van der Waals surface area contributed by atoms with E-state index in [2.05, 4.69) is 5.32 Å². The van der Waals surface area contributed by atoms with E-state index in [0.29, 0.717) is 12.3 Å². The Bertz CT molecular complexity index is 1220. The number of benzene rings is 3. The first-order valence-corrected chi connectivity index (χ1v) is 12.3. The fourth-order valence-corrected chi connectivity index (χ4v) is 4.74. The van der Waals surface area contributed by atoms with Crippen molar-refractivity contribution < 1.29 is 17.9 Å². The fraction of sp³-hybridized carbons (Fsp3) is 0.269. The minimum absolute atomic E-state index is 0.142. The Kier molecular flexibility index (Phi) is 7.76. The Labute approximate surface area is 196 Å². The SMILES string of the molecule is CCOc1cccc(CNC(=O)CN(c2ccc(C)c(C)c2)S(=O)(=O)c2ccc(C)cc2)c1. The minimum atomic E-state index is -3.94. The smallest absolute Gasteiger partial charge is 0.264 e. The highest BCUT2D eigenvalue weighted by Gasteiger charge is 2.27. The van der Waals surface area contributed by atoms with Crippen LogP contribution in [0.25, 0.3) is 0 Å². The van der Waals surface area contributed by atoms with E-state index in [1.54, 1.807) is 36.4 Å². The first-order valence-electron chi connectivity index (χ1n) is 10.9. The summed E-state index contributed by atoms with van der Waals surface area (Å²) in [6.45, 7) is 8.17. The first kappa shape index (κ1) is 24.3. The molecule has 0 aliphatic rings. The summed E-state index contributed by atoms with van der Waals surface area (Å²) in [7, 11) is -3.94. The van der Waals surface area contributed by atoms with E-state index >= 15 is 0 Å². The molecule has 0 radical (unpaired) electrons. The Morgan fingerprint density at radius 3 is 2.33 bits per heavy atom. The second-order valence-electron chi connectivity index (χ2n) is 7.95. The van der Waals surface area contributed by atoms with Gasteiger partial charge in [0.1, 0.15) is 12.3 Å². The summed E-state index contributed by atoms with van der Waals surface area (Å²) in [5, 5.41) is 2.83. The van der Waals surface area contributed by atoms with Crippen LogP contribution in [0.1, 0.15) is 29.2 Å². The summed E-state index contributed by atoms with van der Waals surface area (Å²) in [5.74, 6) is 0.327. The van der Waals surface area contributed by atoms with E-state index in [9.17, 15) is 13.2 Å². The number of sulfonamides is 1. The maximum absolute atomic E-state index is 13.5. The predicted molar refractivity (Wildman–Crippen MR) is 131 cm³/mol. The molecule has 1 amide bonds. The van der Waals surface area contributed by atoms with E-state index in [1.807, 2.05) is 58.0 Å². The van der Waals surface area contributed by atoms with Gasteiger partial charge in [-0.2, -0.15) is 0 Å². The maximum Gasteiger partial charge on any atom is 0.264 e. The van der Waals surface area contributed by atoms with Gasteiger partial charge < -0.3 is 10.1 Å². The third-order valence-electron chi connectivity index (χ3n) is 5.37. The van der Waals surface area contributed by atoms with Gasteiger partial charge >= 0.3 is 0 Å². The van der Waals surface area contributed by atoms with Gasteiger partial charge in [0.15, 0.2) is 0 Å². The fourth-order valence-electron chi connectivity index (χ4n) is 3.33. The van der Waals surface area contributed by atoms with Gasteiger partial charge in [0.2, 0.25) is 5.91 Å². The van der Waals surface area contributed by atoms with Crippen LogP contribution in [-0.2, 0) is 21.4 Å². The van der Waals surface area contributed by atoms with Gasteiger partial charge in [-0.3, -0.25) is 9.10 Å². The maximum atomic E-state index is 13.5. The van der Waals surface area contributed by atoms with Crippen LogP contribution in [0, 0.1) is 20.8 Å². The predicted octanol–water partition coefficient (Wildman–Crippen LogP) is 4.52. The number of carbonyl (C=O) groups is 1. The van der Waals surface area contributed by atoms with Crippen LogP contribution in [0.5, 0.6) is 5.75 Å². The molecule has 0 aromatic heterocycles. The van der Waals surface area contributed by atoms with Crippen LogP contribution in [0.2, 0.25) is 0 Å². The molecule has 0 unspecified atom stereocenters. The molecule has 0 atom stereocenters. The van der Waals surface area contributed by atoms with Crippen molar-refractivity contribution in [2.24, 2.45) is 0 Å². The molecule has 3 rings (SSSR count). The lowest BCUT2D eigenvalue weighted by molar-refractivity contribution is -0.119. The zero-order chi connectivity index (χ0) is 24.0. The van der Waals surface area contributed by atoms with E-state index in [1.165, 1.54) is 0 Å². The molecule has 0 saturated carbocycles. The average Bonchev–Trinajstić information content (AvgIpc) is 2.79. The Hall–Kier alpha value is -3.32. The zero-order valence-corrected chi connectivity index (χ0v) is 20.3. The molecular formula is C26H30N2O4S. The molecule has 0 bridgehead atoms. The summed E-state index contributed by atoms with van der Waals surface area (Å²) in [4.78, 5) is 13.0. The van der Waals surface area contributed by atoms with Gasteiger partial charge in [0.25, 0.3) is 10.0 Å². The number of rotatable bonds is 9. The van der Waals surface area contributed by atoms with Crippen LogP contribution in [-0.4, -0.2) is 27.5 Å². The number of anilines is 1. The number of amides is 1. The van der Waals surface area contributed by atoms with Crippen molar-refractivity contribution in [3.63, 3.8) is 0 Å². The van der Waals surface area contributed by atoms with Gasteiger partial charge in [0.05, 0.1) is 17.2 Å². The Balaban J connectivity index is 1.85. The van der Waals surface area contributed by atoms with E-state index < -0.39 is 15.9 Å². The molecule has 0 aliphatic heterocycles. The normalized spacial score (nSPS) is 11.2. The molecule has 6 nitrogen and oxygen atoms in total. The van der Waals surface area contributed by atoms with Gasteiger partial charge in [-0.05, 0) is 80.8 Å². The minimum Gasteiger partial charge on any atom is -0.494 e. The van der Waals surface area contributed by atoms with Crippen LogP contribution in [0.4, 0.5) is 5.69 Å². The number of nitrogens with zero attached hydrogens (tertiary/aromatic N) is 1. The van der Waals surface area contributed by atoms with Crippen LogP contribution in [0.15, 0.2) is 71.6 Å². The average molecular weight is 467 g/mol. The number of ether oxygens (including phenoxy) is 1. The van der Waals surface area contributed by atoms with Crippen molar-refractivity contribution in [3.05, 3.63) is 89.0 Å². The van der Waals surface area contributed by atoms with Gasteiger partial charge in [-0.15, -0.1) is 0 Å². The molecule has 0 saturated heterocycles. The number of hydrogen-bond donors (Lipinski definition) is 1. The Morgan fingerprint density at radius 1 is 0.939 bits per heavy atom. The standard InChI is InChI=1S/C26H30N2O4S/c1-5-32-24-8-6-7-22(16-24)17-27-26(29)18-28(23-12-11-20(3)21(4)15-23)33(30,31)25-13-9-19(2)10-14-25/h6-16H,5,17-18H2,1-4H3,(H,27,29). The number of hydrogen-bond acceptors (Lipinski definition) is 4. The summed E-state index contributed by atoms with van der Waals surface area (Å²) in [5.41, 5.74) is 4.27. The van der Waals surface area contributed by atoms with Crippen molar-refractivity contribution in [1.82, 2.24) is 5.32 Å². The molecular weight excluding hydrogens is 436 g/mol. The first-order chi connectivity index (χ1) is 15.7. The zero-order valence-electron chi connectivity index (χ0n) is 19.5. The van der Waals surface area contributed by atoms with Gasteiger partial charge in [0, 0.05) is 6.54 Å². The monoisotopic (exact) mass is 466 g/mol. The highest BCUT2D eigenvalue weighted by atomic mass is 32.2. The molecule has 174 valence electrons. The lowest BCUT2D eigenvalue weighted by atomic mass is 10.1. The molecule has 33 heavy (non-hydrogen) atoms. The molecule has 3 aromatic carbocycles. The van der Waals surface area contributed by atoms with Crippen molar-refractivity contribution in [3.8, 4) is 5.75 Å². The molecule has 3 aromatic rings. The van der Waals surface area contributed by atoms with Crippen molar-refractivity contribution in [2.45, 2.75) is 39.1 Å².